The Balaban J connectivity index is 2.42. The molecule has 2 rings (SSSR count). The van der Waals surface area contributed by atoms with Crippen molar-refractivity contribution in [3.63, 3.8) is 0 Å². The average molecular weight is 220 g/mol. The second-order valence-corrected chi connectivity index (χ2v) is 5.94. The molecule has 88 valence electrons. The zero-order valence-corrected chi connectivity index (χ0v) is 10.8. The minimum absolute atomic E-state index is 0.105. The van der Waals surface area contributed by atoms with Gasteiger partial charge in [-0.3, -0.25) is 0 Å². The Labute approximate surface area is 97.6 Å². The van der Waals surface area contributed by atoms with Crippen molar-refractivity contribution in [2.75, 3.05) is 6.79 Å². The Hall–Kier alpha value is -1.18. The fourth-order valence-electron chi connectivity index (χ4n) is 1.72. The highest BCUT2D eigenvalue weighted by molar-refractivity contribution is 5.46. The summed E-state index contributed by atoms with van der Waals surface area (Å²) in [5.41, 5.74) is 1.61. The Kier molecular flexibility index (Phi) is 2.41. The summed E-state index contributed by atoms with van der Waals surface area (Å²) in [6.07, 6.45) is 0. The Morgan fingerprint density at radius 1 is 0.938 bits per heavy atom. The zero-order chi connectivity index (χ0) is 12.0. The lowest BCUT2D eigenvalue weighted by atomic mass is 9.65. The van der Waals surface area contributed by atoms with Crippen molar-refractivity contribution in [2.24, 2.45) is 5.41 Å². The van der Waals surface area contributed by atoms with Gasteiger partial charge in [-0.25, -0.2) is 0 Å². The molecule has 0 atom stereocenters. The molecule has 16 heavy (non-hydrogen) atoms. The van der Waals surface area contributed by atoms with E-state index in [1.165, 1.54) is 5.56 Å². The molecule has 1 aromatic rings. The maximum absolute atomic E-state index is 5.42. The maximum Gasteiger partial charge on any atom is 0.231 e. The van der Waals surface area contributed by atoms with Gasteiger partial charge in [0.25, 0.3) is 0 Å². The summed E-state index contributed by atoms with van der Waals surface area (Å²) in [4.78, 5) is 0. The predicted octanol–water partition coefficient (Wildman–Crippen LogP) is 3.74. The van der Waals surface area contributed by atoms with Crippen LogP contribution >= 0.6 is 0 Å². The van der Waals surface area contributed by atoms with E-state index in [0.29, 0.717) is 6.79 Å². The minimum atomic E-state index is 0.105. The SMILES string of the molecule is CC(C)(C)C(C)(C)c1ccc2c(c1)OCO2. The third kappa shape index (κ3) is 1.66. The molecule has 1 aromatic carbocycles. The molecular weight excluding hydrogens is 200 g/mol. The zero-order valence-electron chi connectivity index (χ0n) is 10.8. The van der Waals surface area contributed by atoms with Crippen molar-refractivity contribution < 1.29 is 9.47 Å². The summed E-state index contributed by atoms with van der Waals surface area (Å²) >= 11 is 0. The number of rotatable bonds is 1. The van der Waals surface area contributed by atoms with Gasteiger partial charge in [-0.2, -0.15) is 0 Å². The number of hydrogen-bond donors (Lipinski definition) is 0. The Morgan fingerprint density at radius 3 is 2.19 bits per heavy atom. The molecule has 0 aliphatic carbocycles. The van der Waals surface area contributed by atoms with Crippen molar-refractivity contribution in [3.8, 4) is 11.5 Å². The summed E-state index contributed by atoms with van der Waals surface area (Å²) in [6.45, 7) is 11.7. The third-order valence-corrected chi connectivity index (χ3v) is 3.97. The molecule has 2 heteroatoms. The lowest BCUT2D eigenvalue weighted by molar-refractivity contribution is 0.173. The summed E-state index contributed by atoms with van der Waals surface area (Å²) in [5.74, 6) is 1.73. The van der Waals surface area contributed by atoms with Crippen molar-refractivity contribution in [2.45, 2.75) is 40.0 Å². The highest BCUT2D eigenvalue weighted by Gasteiger charge is 2.35. The van der Waals surface area contributed by atoms with Crippen LogP contribution in [0, 0.1) is 5.41 Å². The van der Waals surface area contributed by atoms with Crippen molar-refractivity contribution >= 4 is 0 Å². The van der Waals surface area contributed by atoms with E-state index in [1.807, 2.05) is 6.07 Å². The van der Waals surface area contributed by atoms with Gasteiger partial charge >= 0.3 is 0 Å². The van der Waals surface area contributed by atoms with Gasteiger partial charge in [0.15, 0.2) is 11.5 Å². The van der Waals surface area contributed by atoms with E-state index in [1.54, 1.807) is 0 Å². The number of benzene rings is 1. The van der Waals surface area contributed by atoms with Gasteiger partial charge in [-0.15, -0.1) is 0 Å². The fourth-order valence-corrected chi connectivity index (χ4v) is 1.72. The number of ether oxygens (including phenoxy) is 2. The highest BCUT2D eigenvalue weighted by Crippen LogP contribution is 2.44. The van der Waals surface area contributed by atoms with Gasteiger partial charge in [0.1, 0.15) is 0 Å². The van der Waals surface area contributed by atoms with Crippen LogP contribution < -0.4 is 9.47 Å². The topological polar surface area (TPSA) is 18.5 Å². The second-order valence-electron chi connectivity index (χ2n) is 5.94. The van der Waals surface area contributed by atoms with E-state index in [2.05, 4.69) is 46.8 Å². The monoisotopic (exact) mass is 220 g/mol. The first-order valence-corrected chi connectivity index (χ1v) is 5.72. The number of fused-ring (bicyclic) bond motifs is 1. The Bertz CT molecular complexity index is 400. The minimum Gasteiger partial charge on any atom is -0.454 e. The lowest BCUT2D eigenvalue weighted by Gasteiger charge is -2.39. The normalized spacial score (nSPS) is 15.3. The predicted molar refractivity (Wildman–Crippen MR) is 65.0 cm³/mol. The first kappa shape index (κ1) is 11.3. The molecule has 0 fully saturated rings. The van der Waals surface area contributed by atoms with Crippen molar-refractivity contribution in [1.29, 1.82) is 0 Å². The molecular formula is C14H20O2. The quantitative estimate of drug-likeness (QED) is 0.717. The molecule has 0 amide bonds. The lowest BCUT2D eigenvalue weighted by Crippen LogP contribution is -2.33. The Morgan fingerprint density at radius 2 is 1.56 bits per heavy atom. The van der Waals surface area contributed by atoms with Gasteiger partial charge < -0.3 is 9.47 Å². The van der Waals surface area contributed by atoms with Crippen molar-refractivity contribution in [3.05, 3.63) is 23.8 Å². The van der Waals surface area contributed by atoms with Gasteiger partial charge in [0.05, 0.1) is 0 Å². The van der Waals surface area contributed by atoms with E-state index in [-0.39, 0.29) is 10.8 Å². The van der Waals surface area contributed by atoms with Crippen LogP contribution in [0.4, 0.5) is 0 Å². The number of hydrogen-bond acceptors (Lipinski definition) is 2. The van der Waals surface area contributed by atoms with Crippen LogP contribution in [-0.4, -0.2) is 6.79 Å². The van der Waals surface area contributed by atoms with E-state index >= 15 is 0 Å². The van der Waals surface area contributed by atoms with Crippen LogP contribution in [0.25, 0.3) is 0 Å². The van der Waals surface area contributed by atoms with Gasteiger partial charge in [0.2, 0.25) is 6.79 Å². The van der Waals surface area contributed by atoms with E-state index in [9.17, 15) is 0 Å². The van der Waals surface area contributed by atoms with Crippen molar-refractivity contribution in [1.82, 2.24) is 0 Å². The summed E-state index contributed by atoms with van der Waals surface area (Å²) in [5, 5.41) is 0. The molecule has 0 unspecified atom stereocenters. The molecule has 0 aromatic heterocycles. The molecule has 2 nitrogen and oxygen atoms in total. The molecule has 1 aliphatic rings. The largest absolute Gasteiger partial charge is 0.454 e. The molecule has 1 heterocycles. The van der Waals surface area contributed by atoms with Gasteiger partial charge in [-0.1, -0.05) is 40.7 Å². The standard InChI is InChI=1S/C14H20O2/c1-13(2,3)14(4,5)10-6-7-11-12(8-10)16-9-15-11/h6-8H,9H2,1-5H3. The molecule has 0 radical (unpaired) electrons. The van der Waals surface area contributed by atoms with E-state index < -0.39 is 0 Å². The molecule has 0 spiro atoms. The van der Waals surface area contributed by atoms with Crippen LogP contribution in [-0.2, 0) is 5.41 Å². The average Bonchev–Trinajstić information content (AvgIpc) is 2.61. The van der Waals surface area contributed by atoms with Gasteiger partial charge in [-0.05, 0) is 28.5 Å². The maximum atomic E-state index is 5.42. The van der Waals surface area contributed by atoms with Crippen LogP contribution in [0.5, 0.6) is 11.5 Å². The van der Waals surface area contributed by atoms with E-state index in [4.69, 9.17) is 9.47 Å². The van der Waals surface area contributed by atoms with E-state index in [0.717, 1.165) is 11.5 Å². The van der Waals surface area contributed by atoms with Crippen LogP contribution in [0.2, 0.25) is 0 Å². The molecule has 1 aliphatic heterocycles. The van der Waals surface area contributed by atoms with Crippen LogP contribution in [0.3, 0.4) is 0 Å². The van der Waals surface area contributed by atoms with Crippen LogP contribution in [0.1, 0.15) is 40.2 Å². The molecule has 0 N–H and O–H groups in total. The van der Waals surface area contributed by atoms with Crippen LogP contribution in [0.15, 0.2) is 18.2 Å². The smallest absolute Gasteiger partial charge is 0.231 e. The summed E-state index contributed by atoms with van der Waals surface area (Å²) in [6, 6.07) is 6.25. The first-order valence-electron chi connectivity index (χ1n) is 5.72. The highest BCUT2D eigenvalue weighted by atomic mass is 16.7. The second kappa shape index (κ2) is 3.41. The third-order valence-electron chi connectivity index (χ3n) is 3.97. The molecule has 0 bridgehead atoms. The fraction of sp³-hybridized carbons (Fsp3) is 0.571. The molecule has 0 saturated carbocycles. The first-order chi connectivity index (χ1) is 7.32. The van der Waals surface area contributed by atoms with Gasteiger partial charge in [0, 0.05) is 0 Å². The summed E-state index contributed by atoms with van der Waals surface area (Å²) < 4.78 is 10.8. The summed E-state index contributed by atoms with van der Waals surface area (Å²) in [7, 11) is 0. The molecule has 0 saturated heterocycles.